The molecule has 1 aromatic rings. The van der Waals surface area contributed by atoms with Crippen molar-refractivity contribution < 1.29 is 13.2 Å². The second-order valence-electron chi connectivity index (χ2n) is 5.04. The van der Waals surface area contributed by atoms with Crippen molar-refractivity contribution in [1.29, 1.82) is 0 Å². The summed E-state index contributed by atoms with van der Waals surface area (Å²) < 4.78 is 37.1. The molecule has 1 aliphatic carbocycles. The van der Waals surface area contributed by atoms with Crippen LogP contribution in [0.4, 0.5) is 19.0 Å². The summed E-state index contributed by atoms with van der Waals surface area (Å²) in [6, 6.07) is 2.81. The summed E-state index contributed by atoms with van der Waals surface area (Å²) in [6.45, 7) is 2.20. The van der Waals surface area contributed by atoms with Gasteiger partial charge in [-0.3, -0.25) is 0 Å². The maximum atomic E-state index is 12.4. The molecule has 0 aromatic carbocycles. The van der Waals surface area contributed by atoms with Gasteiger partial charge in [0.15, 0.2) is 0 Å². The number of nitrogens with one attached hydrogen (secondary N) is 1. The fourth-order valence-electron chi connectivity index (χ4n) is 2.42. The number of halogens is 3. The molecule has 1 saturated carbocycles. The Balaban J connectivity index is 1.98. The lowest BCUT2D eigenvalue weighted by Gasteiger charge is -2.27. The molecule has 0 unspecified atom stereocenters. The molecule has 18 heavy (non-hydrogen) atoms. The van der Waals surface area contributed by atoms with E-state index in [-0.39, 0.29) is 0 Å². The number of hydrogen-bond donors (Lipinski definition) is 1. The fourth-order valence-corrected chi connectivity index (χ4v) is 2.42. The third kappa shape index (κ3) is 3.37. The molecule has 2 nitrogen and oxygen atoms in total. The Morgan fingerprint density at radius 2 is 2.06 bits per heavy atom. The van der Waals surface area contributed by atoms with E-state index in [2.05, 4.69) is 17.2 Å². The quantitative estimate of drug-likeness (QED) is 0.864. The zero-order valence-corrected chi connectivity index (χ0v) is 10.3. The Morgan fingerprint density at radius 3 is 2.61 bits per heavy atom. The summed E-state index contributed by atoms with van der Waals surface area (Å²) >= 11 is 0. The highest BCUT2D eigenvalue weighted by atomic mass is 19.4. The maximum Gasteiger partial charge on any atom is 0.417 e. The van der Waals surface area contributed by atoms with Gasteiger partial charge in [0.1, 0.15) is 5.82 Å². The van der Waals surface area contributed by atoms with E-state index in [4.69, 9.17) is 0 Å². The second kappa shape index (κ2) is 5.16. The minimum atomic E-state index is -4.31. The topological polar surface area (TPSA) is 24.9 Å². The molecule has 1 aromatic heterocycles. The lowest BCUT2D eigenvalue weighted by atomic mass is 9.87. The number of hydrogen-bond acceptors (Lipinski definition) is 2. The van der Waals surface area contributed by atoms with E-state index in [0.29, 0.717) is 17.8 Å². The van der Waals surface area contributed by atoms with E-state index in [1.54, 1.807) is 0 Å². The predicted molar refractivity (Wildman–Crippen MR) is 64.3 cm³/mol. The molecule has 0 amide bonds. The standard InChI is InChI=1S/C13H17F3N2/c1-9-3-2-4-11(7-9)18-12-6-5-10(8-17-12)13(14,15)16/h5-6,8-9,11H,2-4,7H2,1H3,(H,17,18)/t9-,11+/m0/s1. The highest BCUT2D eigenvalue weighted by molar-refractivity contribution is 5.37. The molecule has 2 rings (SSSR count). The Kier molecular flexibility index (Phi) is 3.78. The van der Waals surface area contributed by atoms with Gasteiger partial charge in [-0.1, -0.05) is 19.8 Å². The summed E-state index contributed by atoms with van der Waals surface area (Å²) in [4.78, 5) is 3.83. The predicted octanol–water partition coefficient (Wildman–Crippen LogP) is 4.09. The molecule has 0 saturated heterocycles. The zero-order valence-electron chi connectivity index (χ0n) is 10.3. The molecule has 100 valence electrons. The fraction of sp³-hybridized carbons (Fsp3) is 0.615. The van der Waals surface area contributed by atoms with Crippen molar-refractivity contribution in [2.75, 3.05) is 5.32 Å². The average Bonchev–Trinajstić information content (AvgIpc) is 2.28. The van der Waals surface area contributed by atoms with Gasteiger partial charge >= 0.3 is 6.18 Å². The Bertz CT molecular complexity index is 386. The number of nitrogens with zero attached hydrogens (tertiary/aromatic N) is 1. The van der Waals surface area contributed by atoms with Crippen molar-refractivity contribution in [2.24, 2.45) is 5.92 Å². The van der Waals surface area contributed by atoms with Gasteiger partial charge < -0.3 is 5.32 Å². The van der Waals surface area contributed by atoms with Gasteiger partial charge in [0, 0.05) is 12.2 Å². The molecule has 1 N–H and O–H groups in total. The van der Waals surface area contributed by atoms with Crippen molar-refractivity contribution in [2.45, 2.75) is 44.8 Å². The first-order valence-electron chi connectivity index (χ1n) is 6.25. The molecule has 5 heteroatoms. The normalized spacial score (nSPS) is 24.9. The van der Waals surface area contributed by atoms with Crippen molar-refractivity contribution in [3.8, 4) is 0 Å². The highest BCUT2D eigenvalue weighted by Crippen LogP contribution is 2.30. The number of anilines is 1. The van der Waals surface area contributed by atoms with Crippen LogP contribution in [0.25, 0.3) is 0 Å². The van der Waals surface area contributed by atoms with Crippen LogP contribution in [0.3, 0.4) is 0 Å². The first-order chi connectivity index (χ1) is 8.45. The molecule has 0 radical (unpaired) electrons. The maximum absolute atomic E-state index is 12.4. The summed E-state index contributed by atoms with van der Waals surface area (Å²) in [7, 11) is 0. The number of rotatable bonds is 2. The third-order valence-electron chi connectivity index (χ3n) is 3.38. The lowest BCUT2D eigenvalue weighted by Crippen LogP contribution is -2.26. The highest BCUT2D eigenvalue weighted by Gasteiger charge is 2.30. The van der Waals surface area contributed by atoms with Crippen LogP contribution in [0.2, 0.25) is 0 Å². The van der Waals surface area contributed by atoms with Crippen LogP contribution >= 0.6 is 0 Å². The number of pyridine rings is 1. The first kappa shape index (κ1) is 13.2. The van der Waals surface area contributed by atoms with Gasteiger partial charge in [0.2, 0.25) is 0 Å². The minimum absolute atomic E-state index is 0.331. The molecular formula is C13H17F3N2. The van der Waals surface area contributed by atoms with E-state index < -0.39 is 11.7 Å². The monoisotopic (exact) mass is 258 g/mol. The van der Waals surface area contributed by atoms with Crippen LogP contribution in [0.5, 0.6) is 0 Å². The number of aromatic nitrogens is 1. The third-order valence-corrected chi connectivity index (χ3v) is 3.38. The van der Waals surface area contributed by atoms with Crippen molar-refractivity contribution in [1.82, 2.24) is 4.98 Å². The Hall–Kier alpha value is -1.26. The van der Waals surface area contributed by atoms with Crippen molar-refractivity contribution >= 4 is 5.82 Å². The van der Waals surface area contributed by atoms with Gasteiger partial charge in [0.25, 0.3) is 0 Å². The summed E-state index contributed by atoms with van der Waals surface area (Å²) in [6.07, 6.45) is 1.09. The van der Waals surface area contributed by atoms with Gasteiger partial charge in [-0.15, -0.1) is 0 Å². The van der Waals surface area contributed by atoms with E-state index in [0.717, 1.165) is 25.1 Å². The average molecular weight is 258 g/mol. The van der Waals surface area contributed by atoms with Crippen LogP contribution in [0.15, 0.2) is 18.3 Å². The van der Waals surface area contributed by atoms with Gasteiger partial charge in [-0.25, -0.2) is 4.98 Å². The summed E-state index contributed by atoms with van der Waals surface area (Å²) in [5, 5.41) is 3.21. The van der Waals surface area contributed by atoms with E-state index in [1.807, 2.05) is 0 Å². The van der Waals surface area contributed by atoms with E-state index >= 15 is 0 Å². The molecule has 1 heterocycles. The molecule has 1 fully saturated rings. The van der Waals surface area contributed by atoms with Gasteiger partial charge in [-0.2, -0.15) is 13.2 Å². The largest absolute Gasteiger partial charge is 0.417 e. The molecule has 1 aliphatic rings. The Labute approximate surface area is 105 Å². The van der Waals surface area contributed by atoms with Crippen LogP contribution in [0, 0.1) is 5.92 Å². The second-order valence-corrected chi connectivity index (χ2v) is 5.04. The Morgan fingerprint density at radius 1 is 1.28 bits per heavy atom. The SMILES string of the molecule is C[C@H]1CCC[C@@H](Nc2ccc(C(F)(F)F)cn2)C1. The van der Waals surface area contributed by atoms with Gasteiger partial charge in [0.05, 0.1) is 5.56 Å². The molecule has 0 spiro atoms. The van der Waals surface area contributed by atoms with Crippen LogP contribution in [-0.4, -0.2) is 11.0 Å². The van der Waals surface area contributed by atoms with Crippen LogP contribution in [-0.2, 0) is 6.18 Å². The minimum Gasteiger partial charge on any atom is -0.367 e. The molecular weight excluding hydrogens is 241 g/mol. The molecule has 0 bridgehead atoms. The zero-order chi connectivity index (χ0) is 13.2. The molecule has 2 atom stereocenters. The summed E-state index contributed by atoms with van der Waals surface area (Å²) in [5.41, 5.74) is -0.704. The number of alkyl halides is 3. The summed E-state index contributed by atoms with van der Waals surface area (Å²) in [5.74, 6) is 1.20. The lowest BCUT2D eigenvalue weighted by molar-refractivity contribution is -0.137. The molecule has 0 aliphatic heterocycles. The smallest absolute Gasteiger partial charge is 0.367 e. The van der Waals surface area contributed by atoms with E-state index in [1.165, 1.54) is 18.9 Å². The first-order valence-corrected chi connectivity index (χ1v) is 6.25. The van der Waals surface area contributed by atoms with Gasteiger partial charge in [-0.05, 0) is 30.9 Å². The van der Waals surface area contributed by atoms with Crippen LogP contribution < -0.4 is 5.32 Å². The van der Waals surface area contributed by atoms with Crippen molar-refractivity contribution in [3.63, 3.8) is 0 Å². The van der Waals surface area contributed by atoms with Crippen LogP contribution in [0.1, 0.15) is 38.2 Å². The van der Waals surface area contributed by atoms with E-state index in [9.17, 15) is 13.2 Å². The van der Waals surface area contributed by atoms with Crippen molar-refractivity contribution in [3.05, 3.63) is 23.9 Å².